The van der Waals surface area contributed by atoms with Crippen LogP contribution in [0.1, 0.15) is 33.2 Å². The maximum absolute atomic E-state index is 11.5. The van der Waals surface area contributed by atoms with E-state index in [1.807, 2.05) is 0 Å². The summed E-state index contributed by atoms with van der Waals surface area (Å²) in [5, 5.41) is 8.91. The molecular weight excluding hydrogens is 230 g/mol. The lowest BCUT2D eigenvalue weighted by Crippen LogP contribution is -2.08. The van der Waals surface area contributed by atoms with Crippen LogP contribution in [0, 0.1) is 11.3 Å². The lowest BCUT2D eigenvalue weighted by molar-refractivity contribution is 0.0526. The fourth-order valence-corrected chi connectivity index (χ4v) is 1.45. The Morgan fingerprint density at radius 1 is 1.62 bits per heavy atom. The van der Waals surface area contributed by atoms with Crippen molar-refractivity contribution in [3.63, 3.8) is 0 Å². The van der Waals surface area contributed by atoms with Crippen LogP contribution in [0.5, 0.6) is 0 Å². The quantitative estimate of drug-likeness (QED) is 0.597. The minimum Gasteiger partial charge on any atom is -0.462 e. The van der Waals surface area contributed by atoms with E-state index in [0.29, 0.717) is 6.29 Å². The van der Waals surface area contributed by atoms with Crippen LogP contribution in [0.25, 0.3) is 0 Å². The highest BCUT2D eigenvalue weighted by Crippen LogP contribution is 2.22. The van der Waals surface area contributed by atoms with Gasteiger partial charge >= 0.3 is 5.97 Å². The molecule has 1 aromatic carbocycles. The highest BCUT2D eigenvalue weighted by molar-refractivity contribution is 6.32. The number of hydrogen-bond donors (Lipinski definition) is 0. The first kappa shape index (κ1) is 12.2. The van der Waals surface area contributed by atoms with Crippen molar-refractivity contribution in [2.75, 3.05) is 6.61 Å². The normalized spacial score (nSPS) is 9.31. The first-order valence-electron chi connectivity index (χ1n) is 4.50. The van der Waals surface area contributed by atoms with Gasteiger partial charge in [0, 0.05) is 5.56 Å². The van der Waals surface area contributed by atoms with Crippen molar-refractivity contribution in [2.45, 2.75) is 6.92 Å². The van der Waals surface area contributed by atoms with Crippen LogP contribution in [0.3, 0.4) is 0 Å². The van der Waals surface area contributed by atoms with Gasteiger partial charge in [-0.05, 0) is 19.1 Å². The van der Waals surface area contributed by atoms with Gasteiger partial charge in [-0.3, -0.25) is 4.79 Å². The molecule has 0 heterocycles. The molecule has 0 aromatic heterocycles. The Morgan fingerprint density at radius 2 is 2.31 bits per heavy atom. The molecule has 1 aromatic rings. The van der Waals surface area contributed by atoms with E-state index >= 15 is 0 Å². The number of benzene rings is 1. The number of rotatable bonds is 3. The zero-order valence-corrected chi connectivity index (χ0v) is 9.25. The van der Waals surface area contributed by atoms with E-state index < -0.39 is 5.97 Å². The molecule has 4 nitrogen and oxygen atoms in total. The van der Waals surface area contributed by atoms with Crippen molar-refractivity contribution < 1.29 is 14.3 Å². The zero-order chi connectivity index (χ0) is 12.1. The Morgan fingerprint density at radius 3 is 2.81 bits per heavy atom. The maximum Gasteiger partial charge on any atom is 0.339 e. The first-order valence-corrected chi connectivity index (χ1v) is 4.87. The standard InChI is InChI=1S/C11H8ClNO3/c1-2-16-11(15)8-3-7(6-14)4-10(12)9(8)5-13/h3-4,6H,2H2,1H3. The molecule has 0 N–H and O–H groups in total. The summed E-state index contributed by atoms with van der Waals surface area (Å²) in [7, 11) is 0. The van der Waals surface area contributed by atoms with Crippen molar-refractivity contribution in [2.24, 2.45) is 0 Å². The lowest BCUT2D eigenvalue weighted by Gasteiger charge is -2.05. The second-order valence-electron chi connectivity index (χ2n) is 2.88. The molecular formula is C11H8ClNO3. The van der Waals surface area contributed by atoms with Crippen LogP contribution in [0.15, 0.2) is 12.1 Å². The molecule has 0 aliphatic rings. The Labute approximate surface area is 97.4 Å². The number of nitriles is 1. The Kier molecular flexibility index (Phi) is 4.03. The average Bonchev–Trinajstić information content (AvgIpc) is 2.28. The van der Waals surface area contributed by atoms with Gasteiger partial charge in [0.2, 0.25) is 0 Å². The Hall–Kier alpha value is -1.86. The van der Waals surface area contributed by atoms with Crippen LogP contribution < -0.4 is 0 Å². The highest BCUT2D eigenvalue weighted by atomic mass is 35.5. The number of aldehydes is 1. The van der Waals surface area contributed by atoms with Gasteiger partial charge in [-0.15, -0.1) is 0 Å². The van der Waals surface area contributed by atoms with Crippen LogP contribution in [0.4, 0.5) is 0 Å². The molecule has 0 aliphatic heterocycles. The molecule has 1 rings (SSSR count). The monoisotopic (exact) mass is 237 g/mol. The Balaban J connectivity index is 3.35. The van der Waals surface area contributed by atoms with E-state index in [4.69, 9.17) is 21.6 Å². The van der Waals surface area contributed by atoms with Crippen molar-refractivity contribution in [3.8, 4) is 6.07 Å². The number of carbonyl (C=O) groups excluding carboxylic acids is 2. The number of halogens is 1. The molecule has 0 radical (unpaired) electrons. The molecule has 0 unspecified atom stereocenters. The van der Waals surface area contributed by atoms with Gasteiger partial charge in [-0.1, -0.05) is 11.6 Å². The number of carbonyl (C=O) groups is 2. The van der Waals surface area contributed by atoms with Gasteiger partial charge in [0.1, 0.15) is 12.4 Å². The summed E-state index contributed by atoms with van der Waals surface area (Å²) >= 11 is 5.77. The minimum atomic E-state index is -0.662. The zero-order valence-electron chi connectivity index (χ0n) is 8.49. The maximum atomic E-state index is 11.5. The molecule has 0 aliphatic carbocycles. The van der Waals surface area contributed by atoms with Crippen molar-refractivity contribution in [1.29, 1.82) is 5.26 Å². The number of hydrogen-bond acceptors (Lipinski definition) is 4. The molecule has 0 atom stereocenters. The lowest BCUT2D eigenvalue weighted by atomic mass is 10.1. The summed E-state index contributed by atoms with van der Waals surface area (Å²) in [6, 6.07) is 4.42. The molecule has 16 heavy (non-hydrogen) atoms. The van der Waals surface area contributed by atoms with E-state index in [1.165, 1.54) is 12.1 Å². The van der Waals surface area contributed by atoms with E-state index in [-0.39, 0.29) is 28.3 Å². The summed E-state index contributed by atoms with van der Waals surface area (Å²) in [4.78, 5) is 22.1. The van der Waals surface area contributed by atoms with E-state index in [0.717, 1.165) is 0 Å². The van der Waals surface area contributed by atoms with Crippen molar-refractivity contribution in [1.82, 2.24) is 0 Å². The van der Waals surface area contributed by atoms with Gasteiger partial charge in [-0.2, -0.15) is 5.26 Å². The van der Waals surface area contributed by atoms with E-state index in [2.05, 4.69) is 0 Å². The van der Waals surface area contributed by atoms with Crippen molar-refractivity contribution in [3.05, 3.63) is 33.8 Å². The molecule has 5 heteroatoms. The minimum absolute atomic E-state index is 0.0129. The van der Waals surface area contributed by atoms with Gasteiger partial charge < -0.3 is 4.74 Å². The van der Waals surface area contributed by atoms with Crippen molar-refractivity contribution >= 4 is 23.9 Å². The van der Waals surface area contributed by atoms with Crippen LogP contribution in [-0.4, -0.2) is 18.9 Å². The Bertz CT molecular complexity index is 477. The second kappa shape index (κ2) is 5.29. The topological polar surface area (TPSA) is 67.2 Å². The number of esters is 1. The molecule has 82 valence electrons. The van der Waals surface area contributed by atoms with Crippen LogP contribution in [0.2, 0.25) is 5.02 Å². The summed E-state index contributed by atoms with van der Waals surface area (Å²) in [5.74, 6) is -0.662. The highest BCUT2D eigenvalue weighted by Gasteiger charge is 2.16. The fourth-order valence-electron chi connectivity index (χ4n) is 1.18. The van der Waals surface area contributed by atoms with Crippen LogP contribution >= 0.6 is 11.6 Å². The summed E-state index contributed by atoms with van der Waals surface area (Å²) in [5.41, 5.74) is 0.261. The van der Waals surface area contributed by atoms with Gasteiger partial charge in [0.15, 0.2) is 0 Å². The summed E-state index contributed by atoms with van der Waals surface area (Å²) in [6.45, 7) is 1.84. The van der Waals surface area contributed by atoms with E-state index in [9.17, 15) is 9.59 Å². The smallest absolute Gasteiger partial charge is 0.339 e. The molecule has 0 saturated heterocycles. The second-order valence-corrected chi connectivity index (χ2v) is 3.28. The molecule has 0 saturated carbocycles. The number of ether oxygens (including phenoxy) is 1. The van der Waals surface area contributed by atoms with Gasteiger partial charge in [0.05, 0.1) is 22.8 Å². The third kappa shape index (κ3) is 2.38. The number of nitrogens with zero attached hydrogens (tertiary/aromatic N) is 1. The molecule has 0 spiro atoms. The average molecular weight is 238 g/mol. The molecule has 0 amide bonds. The predicted octanol–water partition coefficient (Wildman–Crippen LogP) is 2.20. The third-order valence-corrected chi connectivity index (χ3v) is 2.15. The SMILES string of the molecule is CCOC(=O)c1cc(C=O)cc(Cl)c1C#N. The largest absolute Gasteiger partial charge is 0.462 e. The van der Waals surface area contributed by atoms with Gasteiger partial charge in [0.25, 0.3) is 0 Å². The predicted molar refractivity (Wildman–Crippen MR) is 57.5 cm³/mol. The fraction of sp³-hybridized carbons (Fsp3) is 0.182. The summed E-state index contributed by atoms with van der Waals surface area (Å²) < 4.78 is 4.76. The molecule has 0 fully saturated rings. The van der Waals surface area contributed by atoms with Crippen LogP contribution in [-0.2, 0) is 4.74 Å². The van der Waals surface area contributed by atoms with Gasteiger partial charge in [-0.25, -0.2) is 4.79 Å². The summed E-state index contributed by atoms with van der Waals surface area (Å²) in [6.07, 6.45) is 0.551. The first-order chi connectivity index (χ1) is 7.63. The van der Waals surface area contributed by atoms with E-state index in [1.54, 1.807) is 13.0 Å². The third-order valence-electron chi connectivity index (χ3n) is 1.86. The molecule has 0 bridgehead atoms.